The van der Waals surface area contributed by atoms with Gasteiger partial charge < -0.3 is 4.43 Å². The van der Waals surface area contributed by atoms with Crippen LogP contribution in [0.2, 0.25) is 19.1 Å². The van der Waals surface area contributed by atoms with E-state index in [1.54, 1.807) is 0 Å². The van der Waals surface area contributed by atoms with Crippen molar-refractivity contribution in [1.29, 1.82) is 0 Å². The zero-order valence-corrected chi connectivity index (χ0v) is 18.6. The highest BCUT2D eigenvalue weighted by Crippen LogP contribution is 2.20. The van der Waals surface area contributed by atoms with E-state index < -0.39 is 8.32 Å². The molecule has 0 fully saturated rings. The van der Waals surface area contributed by atoms with Crippen LogP contribution < -0.4 is 0 Å². The second-order valence-corrected chi connectivity index (χ2v) is 12.9. The lowest BCUT2D eigenvalue weighted by Gasteiger charge is -2.30. The van der Waals surface area contributed by atoms with Crippen molar-refractivity contribution in [2.24, 2.45) is 0 Å². The molecule has 0 radical (unpaired) electrons. The lowest BCUT2D eigenvalue weighted by molar-refractivity contribution is 0.191. The van der Waals surface area contributed by atoms with Crippen molar-refractivity contribution in [3.05, 3.63) is 35.4 Å². The fraction of sp³-hybridized carbons (Fsp3) is 0.739. The van der Waals surface area contributed by atoms with Crippen molar-refractivity contribution in [2.75, 3.05) is 19.7 Å². The van der Waals surface area contributed by atoms with Crippen LogP contribution in [0.1, 0.15) is 69.4 Å². The van der Waals surface area contributed by atoms with Crippen molar-refractivity contribution in [3.63, 3.8) is 0 Å². The molecule has 0 aromatic heterocycles. The number of rotatable bonds is 13. The van der Waals surface area contributed by atoms with Crippen LogP contribution in [-0.2, 0) is 17.4 Å². The highest BCUT2D eigenvalue weighted by molar-refractivity contribution is 6.71. The van der Waals surface area contributed by atoms with Crippen LogP contribution in [0, 0.1) is 0 Å². The summed E-state index contributed by atoms with van der Waals surface area (Å²) in [4.78, 5) is 2.56. The molecule has 0 N–H and O–H groups in total. The summed E-state index contributed by atoms with van der Waals surface area (Å²) in [5.41, 5.74) is 3.04. The Morgan fingerprint density at radius 2 is 1.58 bits per heavy atom. The lowest BCUT2D eigenvalue weighted by Crippen LogP contribution is -2.37. The van der Waals surface area contributed by atoms with Gasteiger partial charge in [0.05, 0.1) is 0 Å². The minimum Gasteiger partial charge on any atom is -0.416 e. The average Bonchev–Trinajstić information content (AvgIpc) is 2.63. The van der Waals surface area contributed by atoms with E-state index in [1.807, 2.05) is 0 Å². The normalized spacial score (nSPS) is 15.2. The van der Waals surface area contributed by atoms with E-state index in [-0.39, 0.29) is 0 Å². The van der Waals surface area contributed by atoms with Crippen LogP contribution in [0.5, 0.6) is 0 Å². The Kier molecular flexibility index (Phi) is 9.95. The van der Waals surface area contributed by atoms with E-state index in [0.29, 0.717) is 0 Å². The molecule has 0 atom stereocenters. The van der Waals surface area contributed by atoms with Crippen LogP contribution >= 0.6 is 0 Å². The molecule has 2 nitrogen and oxygen atoms in total. The van der Waals surface area contributed by atoms with Crippen LogP contribution in [-0.4, -0.2) is 32.9 Å². The molecular weight excluding hydrogens is 334 g/mol. The van der Waals surface area contributed by atoms with Crippen LogP contribution in [0.3, 0.4) is 0 Å². The number of hydrogen-bond acceptors (Lipinski definition) is 2. The third kappa shape index (κ3) is 8.37. The highest BCUT2D eigenvalue weighted by Gasteiger charge is 2.22. The molecule has 1 aromatic carbocycles. The van der Waals surface area contributed by atoms with Crippen molar-refractivity contribution in [3.8, 4) is 0 Å². The van der Waals surface area contributed by atoms with Gasteiger partial charge in [0.1, 0.15) is 0 Å². The maximum Gasteiger partial charge on any atom is 0.186 e. The van der Waals surface area contributed by atoms with E-state index >= 15 is 0 Å². The molecule has 0 aliphatic carbocycles. The molecule has 1 aliphatic heterocycles. The van der Waals surface area contributed by atoms with E-state index in [9.17, 15) is 0 Å². The quantitative estimate of drug-likeness (QED) is 0.292. The molecule has 148 valence electrons. The monoisotopic (exact) mass is 375 g/mol. The maximum atomic E-state index is 6.38. The van der Waals surface area contributed by atoms with E-state index in [4.69, 9.17) is 4.43 Å². The van der Waals surface area contributed by atoms with Gasteiger partial charge in [0.15, 0.2) is 8.32 Å². The van der Waals surface area contributed by atoms with Gasteiger partial charge in [-0.3, -0.25) is 4.90 Å². The van der Waals surface area contributed by atoms with Gasteiger partial charge in [0, 0.05) is 26.2 Å². The first kappa shape index (κ1) is 21.7. The van der Waals surface area contributed by atoms with Gasteiger partial charge in [0.2, 0.25) is 0 Å². The Balaban J connectivity index is 1.53. The fourth-order valence-electron chi connectivity index (χ4n) is 3.95. The van der Waals surface area contributed by atoms with Crippen molar-refractivity contribution in [2.45, 2.75) is 90.4 Å². The van der Waals surface area contributed by atoms with E-state index in [1.165, 1.54) is 81.5 Å². The fourth-order valence-corrected chi connectivity index (χ4v) is 5.84. The first-order chi connectivity index (χ1) is 12.6. The molecule has 1 aliphatic rings. The lowest BCUT2D eigenvalue weighted by atomic mass is 10.0. The molecule has 1 heterocycles. The molecule has 0 saturated heterocycles. The SMILES string of the molecule is CCCCCCCCCC[Si](C)(C)OCCN1CCc2ccccc2C1. The summed E-state index contributed by atoms with van der Waals surface area (Å²) >= 11 is 0. The average molecular weight is 376 g/mol. The van der Waals surface area contributed by atoms with Gasteiger partial charge in [-0.2, -0.15) is 0 Å². The molecule has 0 saturated carbocycles. The Morgan fingerprint density at radius 3 is 2.31 bits per heavy atom. The van der Waals surface area contributed by atoms with E-state index in [0.717, 1.165) is 19.7 Å². The van der Waals surface area contributed by atoms with Gasteiger partial charge in [-0.05, 0) is 36.7 Å². The maximum absolute atomic E-state index is 6.38. The van der Waals surface area contributed by atoms with Crippen molar-refractivity contribution in [1.82, 2.24) is 4.90 Å². The molecule has 0 amide bonds. The van der Waals surface area contributed by atoms with Crippen molar-refractivity contribution < 1.29 is 4.43 Å². The number of fused-ring (bicyclic) bond motifs is 1. The minimum atomic E-state index is -1.47. The van der Waals surface area contributed by atoms with Gasteiger partial charge in [-0.15, -0.1) is 0 Å². The summed E-state index contributed by atoms with van der Waals surface area (Å²) < 4.78 is 6.38. The zero-order valence-electron chi connectivity index (χ0n) is 17.6. The molecule has 26 heavy (non-hydrogen) atoms. The van der Waals surface area contributed by atoms with Crippen LogP contribution in [0.25, 0.3) is 0 Å². The number of nitrogens with zero attached hydrogens (tertiary/aromatic N) is 1. The largest absolute Gasteiger partial charge is 0.416 e. The summed E-state index contributed by atoms with van der Waals surface area (Å²) in [5, 5.41) is 0. The van der Waals surface area contributed by atoms with E-state index in [2.05, 4.69) is 49.2 Å². The highest BCUT2D eigenvalue weighted by atomic mass is 28.4. The molecule has 0 spiro atoms. The second-order valence-electron chi connectivity index (χ2n) is 8.63. The first-order valence-electron chi connectivity index (χ1n) is 11.0. The van der Waals surface area contributed by atoms with Crippen LogP contribution in [0.15, 0.2) is 24.3 Å². The third-order valence-corrected chi connectivity index (χ3v) is 8.29. The molecule has 2 rings (SSSR count). The number of unbranched alkanes of at least 4 members (excludes halogenated alkanes) is 7. The Hall–Kier alpha value is -0.643. The zero-order chi connectivity index (χ0) is 18.7. The van der Waals surface area contributed by atoms with Gasteiger partial charge in [0.25, 0.3) is 0 Å². The molecule has 0 unspecified atom stereocenters. The van der Waals surface area contributed by atoms with Crippen molar-refractivity contribution >= 4 is 8.32 Å². The summed E-state index contributed by atoms with van der Waals surface area (Å²) in [6.07, 6.45) is 12.4. The topological polar surface area (TPSA) is 12.5 Å². The number of hydrogen-bond donors (Lipinski definition) is 0. The standard InChI is InChI=1S/C23H41NOSi/c1-4-5-6-7-8-9-10-13-20-26(2,3)25-19-18-24-17-16-22-14-11-12-15-23(22)21-24/h11-12,14-15H,4-10,13,16-21H2,1-3H3. The summed E-state index contributed by atoms with van der Waals surface area (Å²) in [6.45, 7) is 11.4. The number of benzene rings is 1. The Labute approximate surface area is 163 Å². The second kappa shape index (κ2) is 11.9. The molecule has 0 bridgehead atoms. The summed E-state index contributed by atoms with van der Waals surface area (Å²) in [5.74, 6) is 0. The first-order valence-corrected chi connectivity index (χ1v) is 14.2. The van der Waals surface area contributed by atoms with Gasteiger partial charge in [-0.25, -0.2) is 0 Å². The van der Waals surface area contributed by atoms with Crippen LogP contribution in [0.4, 0.5) is 0 Å². The summed E-state index contributed by atoms with van der Waals surface area (Å²) in [6, 6.07) is 10.2. The van der Waals surface area contributed by atoms with Gasteiger partial charge >= 0.3 is 0 Å². The molecular formula is C23H41NOSi. The Morgan fingerprint density at radius 1 is 0.923 bits per heavy atom. The summed E-state index contributed by atoms with van der Waals surface area (Å²) in [7, 11) is -1.47. The predicted molar refractivity (Wildman–Crippen MR) is 116 cm³/mol. The predicted octanol–water partition coefficient (Wildman–Crippen LogP) is 6.41. The smallest absolute Gasteiger partial charge is 0.186 e. The minimum absolute atomic E-state index is 0.915. The third-order valence-electron chi connectivity index (χ3n) is 5.74. The molecule has 1 aromatic rings. The van der Waals surface area contributed by atoms with Gasteiger partial charge in [-0.1, -0.05) is 82.6 Å². The molecule has 3 heteroatoms. The Bertz CT molecular complexity index is 503.